The lowest BCUT2D eigenvalue weighted by Crippen LogP contribution is -2.78. The summed E-state index contributed by atoms with van der Waals surface area (Å²) in [7, 11) is 1.76. The van der Waals surface area contributed by atoms with Crippen LogP contribution in [0.25, 0.3) is 0 Å². The van der Waals surface area contributed by atoms with E-state index in [1.165, 1.54) is 61.6 Å². The van der Waals surface area contributed by atoms with Crippen LogP contribution in [0, 0.1) is 5.92 Å². The third-order valence-electron chi connectivity index (χ3n) is 11.5. The molecule has 0 aromatic heterocycles. The summed E-state index contributed by atoms with van der Waals surface area (Å²) in [6.45, 7) is 8.02. The summed E-state index contributed by atoms with van der Waals surface area (Å²) in [6.07, 6.45) is 12.6. The van der Waals surface area contributed by atoms with Gasteiger partial charge >= 0.3 is 0 Å². The van der Waals surface area contributed by atoms with Crippen LogP contribution in [0.4, 0.5) is 0 Å². The topological polar surface area (TPSA) is 45.2 Å². The molecule has 2 aromatic rings. The standard InChI is InChI=1S/C36H50N2O3/c1-25(2)38(21-10-5-4-7-11-26-12-8-6-9-13-26)29-18-19-36(39)31-23-28-16-17-30(40-3)33-32(28)35(36,34(29)41-33)20-22-37(31)24-27-14-15-27/h6,8-9,12-13,16-17,25,27,29,31,34,39H,4-5,7,10-11,14-15,18-24H2,1-3H3/t29-,31+,34-,35-,36+/m0/s1. The van der Waals surface area contributed by atoms with E-state index in [0.29, 0.717) is 12.1 Å². The summed E-state index contributed by atoms with van der Waals surface area (Å²) < 4.78 is 13.0. The number of unbranched alkanes of at least 4 members (excludes halogenated alkanes) is 3. The van der Waals surface area contributed by atoms with E-state index in [1.807, 2.05) is 0 Å². The van der Waals surface area contributed by atoms with Crippen LogP contribution in [0.3, 0.4) is 0 Å². The van der Waals surface area contributed by atoms with E-state index in [0.717, 1.165) is 62.7 Å². The predicted octanol–water partition coefficient (Wildman–Crippen LogP) is 6.14. The molecule has 7 rings (SSSR count). The summed E-state index contributed by atoms with van der Waals surface area (Å²) in [5.41, 5.74) is 3.04. The van der Waals surface area contributed by atoms with Crippen molar-refractivity contribution in [1.29, 1.82) is 0 Å². The lowest BCUT2D eigenvalue weighted by molar-refractivity contribution is -0.202. The molecule has 1 N–H and O–H groups in total. The number of piperidine rings is 1. The molecule has 2 saturated carbocycles. The molecule has 2 aliphatic heterocycles. The van der Waals surface area contributed by atoms with Crippen molar-refractivity contribution in [3.8, 4) is 11.5 Å². The second kappa shape index (κ2) is 10.9. The average Bonchev–Trinajstić information content (AvgIpc) is 3.72. The Labute approximate surface area is 247 Å². The molecule has 3 aliphatic carbocycles. The third kappa shape index (κ3) is 4.53. The number of ether oxygens (including phenoxy) is 2. The minimum atomic E-state index is -0.744. The van der Waals surface area contributed by atoms with Crippen LogP contribution in [-0.2, 0) is 18.3 Å². The van der Waals surface area contributed by atoms with E-state index < -0.39 is 5.60 Å². The smallest absolute Gasteiger partial charge is 0.165 e. The van der Waals surface area contributed by atoms with Crippen LogP contribution < -0.4 is 9.47 Å². The monoisotopic (exact) mass is 558 g/mol. The summed E-state index contributed by atoms with van der Waals surface area (Å²) in [5, 5.41) is 12.9. The number of likely N-dealkylation sites (tertiary alicyclic amines) is 1. The van der Waals surface area contributed by atoms with Crippen LogP contribution in [-0.4, -0.2) is 71.5 Å². The van der Waals surface area contributed by atoms with Crippen molar-refractivity contribution in [1.82, 2.24) is 9.80 Å². The maximum atomic E-state index is 12.9. The second-order valence-corrected chi connectivity index (χ2v) is 14.1. The van der Waals surface area contributed by atoms with E-state index in [1.54, 1.807) is 7.11 Å². The first-order chi connectivity index (χ1) is 20.0. The fraction of sp³-hybridized carbons (Fsp3) is 0.667. The number of nitrogens with zero attached hydrogens (tertiary/aromatic N) is 2. The lowest BCUT2D eigenvalue weighted by atomic mass is 9.48. The maximum Gasteiger partial charge on any atom is 0.165 e. The number of rotatable bonds is 12. The molecule has 2 heterocycles. The lowest BCUT2D eigenvalue weighted by Gasteiger charge is -2.65. The van der Waals surface area contributed by atoms with Gasteiger partial charge in [-0.1, -0.05) is 49.2 Å². The van der Waals surface area contributed by atoms with E-state index in [-0.39, 0.29) is 17.6 Å². The van der Waals surface area contributed by atoms with Gasteiger partial charge in [-0.05, 0) is 108 Å². The molecule has 0 unspecified atom stereocenters. The highest BCUT2D eigenvalue weighted by Gasteiger charge is 2.73. The quantitative estimate of drug-likeness (QED) is 0.317. The fourth-order valence-corrected chi connectivity index (χ4v) is 9.37. The van der Waals surface area contributed by atoms with Crippen LogP contribution in [0.1, 0.15) is 88.3 Å². The van der Waals surface area contributed by atoms with E-state index in [2.05, 4.69) is 66.1 Å². The van der Waals surface area contributed by atoms with E-state index >= 15 is 0 Å². The van der Waals surface area contributed by atoms with Crippen molar-refractivity contribution in [2.75, 3.05) is 26.7 Å². The van der Waals surface area contributed by atoms with Crippen LogP contribution in [0.5, 0.6) is 11.5 Å². The number of aliphatic hydroxyl groups is 1. The molecule has 5 atom stereocenters. The minimum Gasteiger partial charge on any atom is -0.493 e. The summed E-state index contributed by atoms with van der Waals surface area (Å²) in [5.74, 6) is 2.59. The summed E-state index contributed by atoms with van der Waals surface area (Å²) in [6, 6.07) is 16.2. The Hall–Kier alpha value is -2.08. The SMILES string of the molecule is COc1ccc2c3c1O[C@H]1[C@@H](N(CCCCCCc4ccccc4)C(C)C)CC[C@@]4(O)[C@@H](C2)N(CC2CC2)CC[C@]314. The van der Waals surface area contributed by atoms with Gasteiger partial charge in [-0.2, -0.15) is 0 Å². The largest absolute Gasteiger partial charge is 0.493 e. The Balaban J connectivity index is 1.12. The maximum absolute atomic E-state index is 12.9. The van der Waals surface area contributed by atoms with Gasteiger partial charge < -0.3 is 14.6 Å². The zero-order chi connectivity index (χ0) is 28.2. The first-order valence-corrected chi connectivity index (χ1v) is 16.6. The van der Waals surface area contributed by atoms with Gasteiger partial charge in [0.15, 0.2) is 11.5 Å². The van der Waals surface area contributed by atoms with Crippen molar-refractivity contribution < 1.29 is 14.6 Å². The van der Waals surface area contributed by atoms with Crippen molar-refractivity contribution in [2.45, 2.75) is 120 Å². The number of benzene rings is 2. The summed E-state index contributed by atoms with van der Waals surface area (Å²) in [4.78, 5) is 5.40. The molecular formula is C36H50N2O3. The molecule has 3 fully saturated rings. The van der Waals surface area contributed by atoms with Crippen LogP contribution in [0.15, 0.2) is 42.5 Å². The van der Waals surface area contributed by atoms with Gasteiger partial charge in [0.1, 0.15) is 6.10 Å². The highest BCUT2D eigenvalue weighted by molar-refractivity contribution is 5.63. The molecule has 0 radical (unpaired) electrons. The van der Waals surface area contributed by atoms with Gasteiger partial charge in [-0.3, -0.25) is 9.80 Å². The Bertz CT molecular complexity index is 1230. The Morgan fingerprint density at radius 3 is 2.59 bits per heavy atom. The molecule has 222 valence electrons. The van der Waals surface area contributed by atoms with Gasteiger partial charge in [0.25, 0.3) is 0 Å². The number of hydrogen-bond donors (Lipinski definition) is 1. The summed E-state index contributed by atoms with van der Waals surface area (Å²) >= 11 is 0. The van der Waals surface area contributed by atoms with Crippen molar-refractivity contribution in [3.05, 3.63) is 59.2 Å². The molecule has 5 heteroatoms. The normalized spacial score (nSPS) is 31.8. The van der Waals surface area contributed by atoms with Gasteiger partial charge in [0.2, 0.25) is 0 Å². The van der Waals surface area contributed by atoms with Crippen LogP contribution in [0.2, 0.25) is 0 Å². The van der Waals surface area contributed by atoms with Crippen molar-refractivity contribution in [2.24, 2.45) is 5.92 Å². The Kier molecular flexibility index (Phi) is 7.36. The molecular weight excluding hydrogens is 508 g/mol. The molecule has 1 saturated heterocycles. The molecule has 5 nitrogen and oxygen atoms in total. The van der Waals surface area contributed by atoms with Gasteiger partial charge in [-0.15, -0.1) is 0 Å². The molecule has 0 amide bonds. The van der Waals surface area contributed by atoms with Crippen molar-refractivity contribution in [3.63, 3.8) is 0 Å². The van der Waals surface area contributed by atoms with Gasteiger partial charge in [0, 0.05) is 30.2 Å². The van der Waals surface area contributed by atoms with Crippen molar-refractivity contribution >= 4 is 0 Å². The number of hydrogen-bond acceptors (Lipinski definition) is 5. The average molecular weight is 559 g/mol. The zero-order valence-corrected chi connectivity index (χ0v) is 25.5. The van der Waals surface area contributed by atoms with E-state index in [9.17, 15) is 5.11 Å². The van der Waals surface area contributed by atoms with Crippen LogP contribution >= 0.6 is 0 Å². The highest BCUT2D eigenvalue weighted by atomic mass is 16.5. The van der Waals surface area contributed by atoms with Gasteiger partial charge in [-0.25, -0.2) is 0 Å². The third-order valence-corrected chi connectivity index (χ3v) is 11.5. The first kappa shape index (κ1) is 27.7. The number of aryl methyl sites for hydroxylation is 1. The molecule has 2 aromatic carbocycles. The Morgan fingerprint density at radius 1 is 1.02 bits per heavy atom. The zero-order valence-electron chi connectivity index (χ0n) is 25.5. The molecule has 2 bridgehead atoms. The molecule has 5 aliphatic rings. The molecule has 41 heavy (non-hydrogen) atoms. The second-order valence-electron chi connectivity index (χ2n) is 14.1. The molecule has 1 spiro atoms. The van der Waals surface area contributed by atoms with Gasteiger partial charge in [0.05, 0.1) is 18.1 Å². The minimum absolute atomic E-state index is 0.0299. The Morgan fingerprint density at radius 2 is 1.83 bits per heavy atom. The van der Waals surface area contributed by atoms with E-state index in [4.69, 9.17) is 9.47 Å². The predicted molar refractivity (Wildman–Crippen MR) is 164 cm³/mol. The highest BCUT2D eigenvalue weighted by Crippen LogP contribution is 2.66. The fourth-order valence-electron chi connectivity index (χ4n) is 9.37. The number of methoxy groups -OCH3 is 1. The first-order valence-electron chi connectivity index (χ1n) is 16.6.